The smallest absolute Gasteiger partial charge is 0.154 e. The molecule has 4 heterocycles. The Kier molecular flexibility index (Phi) is 6.97. The fourth-order valence-electron chi connectivity index (χ4n) is 3.30. The summed E-state index contributed by atoms with van der Waals surface area (Å²) in [6.45, 7) is -0.402. The van der Waals surface area contributed by atoms with E-state index in [-0.39, 0.29) is 5.69 Å². The van der Waals surface area contributed by atoms with Gasteiger partial charge in [0.15, 0.2) is 5.69 Å². The number of ether oxygens (including phenoxy) is 2. The van der Waals surface area contributed by atoms with Crippen molar-refractivity contribution in [3.63, 3.8) is 0 Å². The number of aliphatic hydroxyl groups is 2. The molecule has 3 aromatic rings. The van der Waals surface area contributed by atoms with E-state index in [1.807, 2.05) is 5.38 Å². The third-order valence-corrected chi connectivity index (χ3v) is 7.14. The first-order valence-corrected chi connectivity index (χ1v) is 11.6. The Balaban J connectivity index is 1.68. The van der Waals surface area contributed by atoms with E-state index in [9.17, 15) is 15.5 Å². The van der Waals surface area contributed by atoms with Gasteiger partial charge in [-0.05, 0) is 22.0 Å². The highest BCUT2D eigenvalue weighted by Gasteiger charge is 2.47. The van der Waals surface area contributed by atoms with E-state index in [1.54, 1.807) is 18.5 Å². The zero-order chi connectivity index (χ0) is 22.0. The van der Waals surface area contributed by atoms with Crippen LogP contribution in [0.2, 0.25) is 0 Å². The molecular weight excluding hydrogens is 508 g/mol. The lowest BCUT2D eigenvalue weighted by molar-refractivity contribution is -0.186. The Bertz CT molecular complexity index is 1080. The van der Waals surface area contributed by atoms with Gasteiger partial charge in [0.1, 0.15) is 46.6 Å². The Morgan fingerprint density at radius 3 is 2.97 bits per heavy atom. The van der Waals surface area contributed by atoms with Gasteiger partial charge in [0.2, 0.25) is 0 Å². The molecule has 1 saturated heterocycles. The topological polar surface area (TPSA) is 139 Å². The highest BCUT2D eigenvalue weighted by molar-refractivity contribution is 9.10. The number of thiazole rings is 1. The second-order valence-electron chi connectivity index (χ2n) is 6.56. The number of aromatic nitrogens is 5. The van der Waals surface area contributed by atoms with E-state index in [1.165, 1.54) is 41.1 Å². The van der Waals surface area contributed by atoms with Crippen LogP contribution in [0.15, 0.2) is 39.4 Å². The highest BCUT2D eigenvalue weighted by Crippen LogP contribution is 2.40. The third kappa shape index (κ3) is 4.51. The molecule has 2 N–H and O–H groups in total. The number of rotatable bonds is 6. The molecule has 1 fully saturated rings. The molecule has 0 amide bonds. The van der Waals surface area contributed by atoms with Crippen molar-refractivity contribution in [1.82, 2.24) is 25.0 Å². The molecule has 10 nitrogen and oxygen atoms in total. The van der Waals surface area contributed by atoms with E-state index in [0.717, 1.165) is 0 Å². The summed E-state index contributed by atoms with van der Waals surface area (Å²) in [5.41, 5.74) is 0.143. The van der Waals surface area contributed by atoms with E-state index in [4.69, 9.17) is 9.47 Å². The van der Waals surface area contributed by atoms with Gasteiger partial charge in [-0.2, -0.15) is 5.26 Å². The number of nitrogens with zero attached hydrogens (tertiary/aromatic N) is 6. The molecule has 31 heavy (non-hydrogen) atoms. The number of hydrogen-bond donors (Lipinski definition) is 2. The zero-order valence-electron chi connectivity index (χ0n) is 16.1. The Hall–Kier alpha value is -1.92. The zero-order valence-corrected chi connectivity index (χ0v) is 19.3. The average molecular weight is 525 g/mol. The molecule has 0 aliphatic carbocycles. The molecule has 0 radical (unpaired) electrons. The first-order chi connectivity index (χ1) is 15.0. The third-order valence-electron chi connectivity index (χ3n) is 4.73. The van der Waals surface area contributed by atoms with Crippen molar-refractivity contribution in [2.75, 3.05) is 13.7 Å². The summed E-state index contributed by atoms with van der Waals surface area (Å²) in [5.74, 6) is 0. The van der Waals surface area contributed by atoms with Gasteiger partial charge in [-0.15, -0.1) is 16.4 Å². The van der Waals surface area contributed by atoms with Gasteiger partial charge in [0.25, 0.3) is 0 Å². The van der Waals surface area contributed by atoms with Crippen molar-refractivity contribution in [2.24, 2.45) is 0 Å². The molecule has 3 aromatic heterocycles. The Morgan fingerprint density at radius 1 is 1.45 bits per heavy atom. The maximum atomic E-state index is 10.9. The van der Waals surface area contributed by atoms with Gasteiger partial charge in [0, 0.05) is 34.3 Å². The quantitative estimate of drug-likeness (QED) is 0.490. The monoisotopic (exact) mass is 524 g/mol. The van der Waals surface area contributed by atoms with Crippen LogP contribution in [0, 0.1) is 11.3 Å². The summed E-state index contributed by atoms with van der Waals surface area (Å²) in [7, 11) is 1.50. The van der Waals surface area contributed by atoms with E-state index in [0.29, 0.717) is 20.1 Å². The van der Waals surface area contributed by atoms with Gasteiger partial charge < -0.3 is 19.7 Å². The minimum Gasteiger partial charge on any atom is -0.394 e. The molecule has 1 aliphatic heterocycles. The normalized spacial score (nSPS) is 26.0. The molecule has 0 saturated carbocycles. The average Bonchev–Trinajstić information content (AvgIpc) is 3.46. The summed E-state index contributed by atoms with van der Waals surface area (Å²) in [6, 6.07) is 3.13. The lowest BCUT2D eigenvalue weighted by Crippen LogP contribution is -2.55. The number of thioether (sulfide) groups is 1. The largest absolute Gasteiger partial charge is 0.394 e. The summed E-state index contributed by atoms with van der Waals surface area (Å²) in [5, 5.41) is 41.0. The summed E-state index contributed by atoms with van der Waals surface area (Å²) in [6.07, 6.45) is 2.24. The molecule has 5 unspecified atom stereocenters. The molecule has 13 heteroatoms. The van der Waals surface area contributed by atoms with E-state index >= 15 is 0 Å². The van der Waals surface area contributed by atoms with Crippen LogP contribution in [0.3, 0.4) is 0 Å². The molecule has 162 valence electrons. The van der Waals surface area contributed by atoms with Crippen molar-refractivity contribution < 1.29 is 19.7 Å². The van der Waals surface area contributed by atoms with Crippen LogP contribution in [-0.4, -0.2) is 72.6 Å². The Morgan fingerprint density at radius 2 is 2.29 bits per heavy atom. The summed E-state index contributed by atoms with van der Waals surface area (Å²) in [4.78, 5) is 8.93. The number of halogens is 1. The van der Waals surface area contributed by atoms with Gasteiger partial charge in [0.05, 0.1) is 12.8 Å². The van der Waals surface area contributed by atoms with Crippen molar-refractivity contribution >= 4 is 39.0 Å². The second-order valence-corrected chi connectivity index (χ2v) is 9.51. The van der Waals surface area contributed by atoms with Crippen LogP contribution in [0.25, 0.3) is 10.7 Å². The fraction of sp³-hybridized carbons (Fsp3) is 0.389. The highest BCUT2D eigenvalue weighted by atomic mass is 79.9. The number of hydrogen-bond acceptors (Lipinski definition) is 11. The number of methoxy groups -OCH3 is 1. The molecule has 1 aliphatic rings. The Labute approximate surface area is 194 Å². The van der Waals surface area contributed by atoms with Crippen LogP contribution in [0.4, 0.5) is 0 Å². The number of aliphatic hydroxyl groups excluding tert-OH is 2. The minimum atomic E-state index is -1.10. The first-order valence-electron chi connectivity index (χ1n) is 9.07. The van der Waals surface area contributed by atoms with E-state index < -0.39 is 36.4 Å². The maximum Gasteiger partial charge on any atom is 0.154 e. The van der Waals surface area contributed by atoms with Gasteiger partial charge in [-0.1, -0.05) is 17.0 Å². The van der Waals surface area contributed by atoms with Crippen molar-refractivity contribution in [3.8, 4) is 16.8 Å². The summed E-state index contributed by atoms with van der Waals surface area (Å²) >= 11 is 6.02. The SMILES string of the molecule is COC1C(Sc2cc(Br)cnc2C#N)OC(CO)C(O)C1n1cc(-c2nccs2)nn1. The van der Waals surface area contributed by atoms with Crippen LogP contribution in [0.5, 0.6) is 0 Å². The molecule has 0 bridgehead atoms. The molecular formula is C18H17BrN6O4S2. The molecule has 0 aromatic carbocycles. The number of nitriles is 1. The van der Waals surface area contributed by atoms with Crippen LogP contribution >= 0.6 is 39.0 Å². The standard InChI is InChI=1S/C18H17BrN6O4S2/c1-28-16-14(25-7-11(23-24-25)17-21-2-3-30-17)15(27)12(8-26)29-18(16)31-13-4-9(19)6-22-10(13)5-20/h2-4,6-7,12,14-16,18,26-27H,8H2,1H3. The van der Waals surface area contributed by atoms with Crippen LogP contribution < -0.4 is 0 Å². The van der Waals surface area contributed by atoms with Gasteiger partial charge in [-0.25, -0.2) is 14.6 Å². The fourth-order valence-corrected chi connectivity index (χ4v) is 5.63. The maximum absolute atomic E-state index is 10.9. The predicted molar refractivity (Wildman–Crippen MR) is 115 cm³/mol. The lowest BCUT2D eigenvalue weighted by Gasteiger charge is -2.43. The van der Waals surface area contributed by atoms with Crippen LogP contribution in [0.1, 0.15) is 11.7 Å². The van der Waals surface area contributed by atoms with E-state index in [2.05, 4.69) is 42.3 Å². The van der Waals surface area contributed by atoms with Crippen molar-refractivity contribution in [3.05, 3.63) is 40.2 Å². The van der Waals surface area contributed by atoms with Gasteiger partial charge in [-0.3, -0.25) is 0 Å². The molecule has 5 atom stereocenters. The molecule has 4 rings (SSSR count). The predicted octanol–water partition coefficient (Wildman–Crippen LogP) is 1.86. The number of pyridine rings is 1. The van der Waals surface area contributed by atoms with Gasteiger partial charge >= 0.3 is 0 Å². The van der Waals surface area contributed by atoms with Crippen LogP contribution in [-0.2, 0) is 9.47 Å². The summed E-state index contributed by atoms with van der Waals surface area (Å²) < 4.78 is 13.9. The second kappa shape index (κ2) is 9.70. The minimum absolute atomic E-state index is 0.238. The van der Waals surface area contributed by atoms with Crippen molar-refractivity contribution in [2.45, 2.75) is 34.7 Å². The first kappa shape index (κ1) is 22.3. The lowest BCUT2D eigenvalue weighted by atomic mass is 9.97. The molecule has 0 spiro atoms. The van der Waals surface area contributed by atoms with Crippen molar-refractivity contribution in [1.29, 1.82) is 5.26 Å².